The van der Waals surface area contributed by atoms with Crippen molar-refractivity contribution < 1.29 is 9.53 Å². The molecule has 0 aliphatic carbocycles. The van der Waals surface area contributed by atoms with Crippen molar-refractivity contribution >= 4 is 5.91 Å². The van der Waals surface area contributed by atoms with Crippen LogP contribution in [0.1, 0.15) is 48.2 Å². The second-order valence-electron chi connectivity index (χ2n) is 4.87. The molecule has 0 fully saturated rings. The number of ether oxygens (including phenoxy) is 1. The summed E-state index contributed by atoms with van der Waals surface area (Å²) in [5.74, 6) is 0.600. The van der Waals surface area contributed by atoms with Crippen LogP contribution in [0.5, 0.6) is 0 Å². The first-order chi connectivity index (χ1) is 8.74. The molecule has 0 saturated carbocycles. The van der Waals surface area contributed by atoms with Gasteiger partial charge < -0.3 is 10.1 Å². The van der Waals surface area contributed by atoms with Crippen molar-refractivity contribution in [1.82, 2.24) is 5.32 Å². The highest BCUT2D eigenvalue weighted by Crippen LogP contribution is 2.20. The summed E-state index contributed by atoms with van der Waals surface area (Å²) in [4.78, 5) is 12.0. The molecule has 0 unspecified atom stereocenters. The monoisotopic (exact) mass is 247 g/mol. The molecule has 0 bridgehead atoms. The zero-order valence-electron chi connectivity index (χ0n) is 11.2. The molecule has 1 aliphatic rings. The van der Waals surface area contributed by atoms with Gasteiger partial charge in [-0.2, -0.15) is 0 Å². The van der Waals surface area contributed by atoms with Crippen LogP contribution >= 0.6 is 0 Å². The standard InChI is InChI=1S/C15H21NO2/c1-3-11(4-2)8-16-15(17)12-5-6-13-9-18-10-14(13)7-12/h5-7,11H,3-4,8-10H2,1-2H3,(H,16,17). The third-order valence-corrected chi connectivity index (χ3v) is 3.69. The SMILES string of the molecule is CCC(CC)CNC(=O)c1ccc2c(c1)COC2. The van der Waals surface area contributed by atoms with E-state index in [4.69, 9.17) is 4.74 Å². The summed E-state index contributed by atoms with van der Waals surface area (Å²) in [5.41, 5.74) is 3.09. The second kappa shape index (κ2) is 6.01. The maximum Gasteiger partial charge on any atom is 0.251 e. The molecule has 0 spiro atoms. The first-order valence-corrected chi connectivity index (χ1v) is 6.72. The van der Waals surface area contributed by atoms with E-state index in [2.05, 4.69) is 19.2 Å². The molecule has 1 aliphatic heterocycles. The molecule has 3 heteroatoms. The molecule has 0 saturated heterocycles. The van der Waals surface area contributed by atoms with Crippen LogP contribution < -0.4 is 5.32 Å². The van der Waals surface area contributed by atoms with Crippen molar-refractivity contribution in [3.8, 4) is 0 Å². The number of fused-ring (bicyclic) bond motifs is 1. The van der Waals surface area contributed by atoms with Crippen LogP contribution in [0.15, 0.2) is 18.2 Å². The minimum atomic E-state index is 0.0246. The molecule has 1 aromatic carbocycles. The van der Waals surface area contributed by atoms with Gasteiger partial charge in [0.05, 0.1) is 13.2 Å². The van der Waals surface area contributed by atoms with Crippen molar-refractivity contribution in [2.24, 2.45) is 5.92 Å². The van der Waals surface area contributed by atoms with Gasteiger partial charge in [0.25, 0.3) is 5.91 Å². The van der Waals surface area contributed by atoms with E-state index < -0.39 is 0 Å². The van der Waals surface area contributed by atoms with Crippen molar-refractivity contribution in [2.75, 3.05) is 6.54 Å². The van der Waals surface area contributed by atoms with E-state index >= 15 is 0 Å². The van der Waals surface area contributed by atoms with E-state index in [1.807, 2.05) is 18.2 Å². The van der Waals surface area contributed by atoms with Gasteiger partial charge >= 0.3 is 0 Å². The highest BCUT2D eigenvalue weighted by atomic mass is 16.5. The van der Waals surface area contributed by atoms with Gasteiger partial charge in [0.2, 0.25) is 0 Å². The third-order valence-electron chi connectivity index (χ3n) is 3.69. The quantitative estimate of drug-likeness (QED) is 0.868. The van der Waals surface area contributed by atoms with Gasteiger partial charge in [-0.15, -0.1) is 0 Å². The number of carbonyl (C=O) groups excluding carboxylic acids is 1. The average Bonchev–Trinajstić information content (AvgIpc) is 2.86. The number of amides is 1. The number of nitrogens with one attached hydrogen (secondary N) is 1. The summed E-state index contributed by atoms with van der Waals surface area (Å²) in [5, 5.41) is 3.01. The molecule has 1 heterocycles. The zero-order chi connectivity index (χ0) is 13.0. The Morgan fingerprint density at radius 1 is 1.28 bits per heavy atom. The maximum atomic E-state index is 12.0. The molecule has 1 amide bonds. The molecule has 0 aromatic heterocycles. The number of carbonyl (C=O) groups is 1. The Labute approximate surface area is 109 Å². The molecule has 98 valence electrons. The summed E-state index contributed by atoms with van der Waals surface area (Å²) in [6.45, 7) is 6.38. The van der Waals surface area contributed by atoms with E-state index in [1.165, 1.54) is 5.56 Å². The third kappa shape index (κ3) is 2.91. The molecule has 18 heavy (non-hydrogen) atoms. The Hall–Kier alpha value is -1.35. The minimum absolute atomic E-state index is 0.0246. The number of benzene rings is 1. The van der Waals surface area contributed by atoms with Crippen LogP contribution in [0.3, 0.4) is 0 Å². The lowest BCUT2D eigenvalue weighted by Gasteiger charge is -2.13. The van der Waals surface area contributed by atoms with E-state index in [1.54, 1.807) is 0 Å². The molecule has 0 radical (unpaired) electrons. The fourth-order valence-corrected chi connectivity index (χ4v) is 2.23. The molecule has 1 aromatic rings. The molecule has 1 N–H and O–H groups in total. The fraction of sp³-hybridized carbons (Fsp3) is 0.533. The molecule has 0 atom stereocenters. The second-order valence-corrected chi connectivity index (χ2v) is 4.87. The summed E-state index contributed by atoms with van der Waals surface area (Å²) >= 11 is 0. The Bertz CT molecular complexity index is 425. The van der Waals surface area contributed by atoms with Gasteiger partial charge in [0, 0.05) is 12.1 Å². The average molecular weight is 247 g/mol. The van der Waals surface area contributed by atoms with Crippen molar-refractivity contribution in [3.63, 3.8) is 0 Å². The molecular weight excluding hydrogens is 226 g/mol. The van der Waals surface area contributed by atoms with Crippen molar-refractivity contribution in [3.05, 3.63) is 34.9 Å². The lowest BCUT2D eigenvalue weighted by Crippen LogP contribution is -2.28. The molecule has 3 nitrogen and oxygen atoms in total. The Morgan fingerprint density at radius 2 is 2.00 bits per heavy atom. The fourth-order valence-electron chi connectivity index (χ4n) is 2.23. The molecule has 2 rings (SSSR count). The largest absolute Gasteiger partial charge is 0.372 e. The maximum absolute atomic E-state index is 12.0. The highest BCUT2D eigenvalue weighted by Gasteiger charge is 2.14. The van der Waals surface area contributed by atoms with E-state index in [0.717, 1.165) is 30.5 Å². The van der Waals surface area contributed by atoms with E-state index in [-0.39, 0.29) is 5.91 Å². The van der Waals surface area contributed by atoms with Gasteiger partial charge in [-0.05, 0) is 29.2 Å². The van der Waals surface area contributed by atoms with Crippen LogP contribution in [0, 0.1) is 5.92 Å². The lowest BCUT2D eigenvalue weighted by molar-refractivity contribution is 0.0946. The van der Waals surface area contributed by atoms with Crippen LogP contribution in [-0.4, -0.2) is 12.5 Å². The number of hydrogen-bond acceptors (Lipinski definition) is 2. The van der Waals surface area contributed by atoms with Crippen LogP contribution in [-0.2, 0) is 18.0 Å². The number of hydrogen-bond donors (Lipinski definition) is 1. The predicted octanol–water partition coefficient (Wildman–Crippen LogP) is 2.88. The van der Waals surface area contributed by atoms with Crippen LogP contribution in [0.25, 0.3) is 0 Å². The van der Waals surface area contributed by atoms with Gasteiger partial charge in [-0.25, -0.2) is 0 Å². The van der Waals surface area contributed by atoms with Crippen LogP contribution in [0.2, 0.25) is 0 Å². The summed E-state index contributed by atoms with van der Waals surface area (Å²) in [6.07, 6.45) is 2.21. The summed E-state index contributed by atoms with van der Waals surface area (Å²) < 4.78 is 5.35. The summed E-state index contributed by atoms with van der Waals surface area (Å²) in [7, 11) is 0. The summed E-state index contributed by atoms with van der Waals surface area (Å²) in [6, 6.07) is 5.83. The van der Waals surface area contributed by atoms with Crippen molar-refractivity contribution in [1.29, 1.82) is 0 Å². The van der Waals surface area contributed by atoms with E-state index in [9.17, 15) is 4.79 Å². The Balaban J connectivity index is 1.97. The van der Waals surface area contributed by atoms with Gasteiger partial charge in [0.15, 0.2) is 0 Å². The van der Waals surface area contributed by atoms with Crippen LogP contribution in [0.4, 0.5) is 0 Å². The highest BCUT2D eigenvalue weighted by molar-refractivity contribution is 5.94. The molecular formula is C15H21NO2. The van der Waals surface area contributed by atoms with E-state index in [0.29, 0.717) is 19.1 Å². The first kappa shape index (κ1) is 13.1. The number of rotatable bonds is 5. The van der Waals surface area contributed by atoms with Crippen molar-refractivity contribution in [2.45, 2.75) is 39.9 Å². The van der Waals surface area contributed by atoms with Gasteiger partial charge in [0.1, 0.15) is 0 Å². The topological polar surface area (TPSA) is 38.3 Å². The normalized spacial score (nSPS) is 13.7. The minimum Gasteiger partial charge on any atom is -0.372 e. The smallest absolute Gasteiger partial charge is 0.251 e. The predicted molar refractivity (Wildman–Crippen MR) is 71.3 cm³/mol. The lowest BCUT2D eigenvalue weighted by atomic mass is 10.0. The van der Waals surface area contributed by atoms with Gasteiger partial charge in [-0.3, -0.25) is 4.79 Å². The Kier molecular flexibility index (Phi) is 4.37. The van der Waals surface area contributed by atoms with Gasteiger partial charge in [-0.1, -0.05) is 32.8 Å². The Morgan fingerprint density at radius 3 is 2.72 bits per heavy atom. The zero-order valence-corrected chi connectivity index (χ0v) is 11.2. The first-order valence-electron chi connectivity index (χ1n) is 6.72.